The van der Waals surface area contributed by atoms with Crippen molar-refractivity contribution in [3.05, 3.63) is 186 Å². The van der Waals surface area contributed by atoms with Crippen LogP contribution in [-0.4, -0.2) is 30.4 Å². The normalized spacial score (nSPS) is 21.6. The number of thiophene rings is 2. The van der Waals surface area contributed by atoms with E-state index in [-0.39, 0.29) is 10.8 Å². The zero-order valence-electron chi connectivity index (χ0n) is 36.9. The minimum atomic E-state index is -1.47. The second kappa shape index (κ2) is 16.3. The van der Waals surface area contributed by atoms with Crippen LogP contribution in [0, 0.1) is 11.8 Å². The molecule has 1 aliphatic heterocycles. The van der Waals surface area contributed by atoms with Gasteiger partial charge in [-0.15, -0.1) is 22.7 Å². The lowest BCUT2D eigenvalue weighted by molar-refractivity contribution is 0.198. The SMILES string of the molecule is C1CCOC1.CC1(C)c2cc(-c3cccc4c3sc3c(B(O)O)cccc34)ccc2C2C=CC=CC21.CC1(C)c2cc(-c3cccc4c3sc3ccccc34)ccc2C2C=CC=CC21. The highest BCUT2D eigenvalue weighted by atomic mass is 32.1. The Morgan fingerprint density at radius 1 is 0.516 bits per heavy atom. The summed E-state index contributed by atoms with van der Waals surface area (Å²) >= 11 is 3.56. The summed E-state index contributed by atoms with van der Waals surface area (Å²) in [4.78, 5) is 0. The molecule has 2 N–H and O–H groups in total. The van der Waals surface area contributed by atoms with Gasteiger partial charge in [-0.1, -0.05) is 185 Å². The Balaban J connectivity index is 0.000000129. The number of benzene rings is 6. The molecule has 4 aliphatic carbocycles. The Bertz CT molecular complexity index is 3220. The molecule has 1 saturated heterocycles. The van der Waals surface area contributed by atoms with Crippen LogP contribution in [0.2, 0.25) is 0 Å². The van der Waals surface area contributed by atoms with Crippen molar-refractivity contribution in [3.8, 4) is 22.3 Å². The van der Waals surface area contributed by atoms with E-state index >= 15 is 0 Å². The lowest BCUT2D eigenvalue weighted by atomic mass is 9.74. The molecule has 3 heterocycles. The van der Waals surface area contributed by atoms with Gasteiger partial charge in [0.25, 0.3) is 0 Å². The summed E-state index contributed by atoms with van der Waals surface area (Å²) in [5, 5.41) is 24.7. The summed E-state index contributed by atoms with van der Waals surface area (Å²) in [6.07, 6.45) is 20.8. The zero-order chi connectivity index (χ0) is 43.7. The van der Waals surface area contributed by atoms with Crippen molar-refractivity contribution < 1.29 is 14.8 Å². The monoisotopic (exact) mass is 872 g/mol. The first-order valence-corrected chi connectivity index (χ1v) is 24.5. The van der Waals surface area contributed by atoms with E-state index in [1.165, 1.54) is 87.6 Å². The van der Waals surface area contributed by atoms with Crippen LogP contribution in [0.3, 0.4) is 0 Å². The van der Waals surface area contributed by atoms with Gasteiger partial charge >= 0.3 is 7.12 Å². The highest BCUT2D eigenvalue weighted by molar-refractivity contribution is 7.27. The number of ether oxygens (including phenoxy) is 1. The Labute approximate surface area is 384 Å². The van der Waals surface area contributed by atoms with Gasteiger partial charge in [-0.05, 0) is 96.9 Å². The van der Waals surface area contributed by atoms with E-state index in [1.807, 2.05) is 17.4 Å². The smallest absolute Gasteiger partial charge is 0.423 e. The van der Waals surface area contributed by atoms with Crippen LogP contribution >= 0.6 is 22.7 Å². The van der Waals surface area contributed by atoms with Crippen LogP contribution in [0.15, 0.2) is 164 Å². The molecule has 1 fully saturated rings. The Kier molecular flexibility index (Phi) is 10.5. The Morgan fingerprint density at radius 3 is 1.55 bits per heavy atom. The van der Waals surface area contributed by atoms with Gasteiger partial charge in [0.2, 0.25) is 0 Å². The van der Waals surface area contributed by atoms with Crippen molar-refractivity contribution in [2.24, 2.45) is 11.8 Å². The number of hydrogen-bond donors (Lipinski definition) is 2. The van der Waals surface area contributed by atoms with Crippen LogP contribution in [0.5, 0.6) is 0 Å². The fraction of sp³-hybridized carbons (Fsp3) is 0.241. The van der Waals surface area contributed by atoms with E-state index in [1.54, 1.807) is 17.4 Å². The third-order valence-electron chi connectivity index (χ3n) is 14.8. The van der Waals surface area contributed by atoms with E-state index in [4.69, 9.17) is 4.74 Å². The van der Waals surface area contributed by atoms with Crippen molar-refractivity contribution in [1.82, 2.24) is 0 Å². The van der Waals surface area contributed by atoms with Crippen molar-refractivity contribution >= 4 is 75.6 Å². The van der Waals surface area contributed by atoms with E-state index in [2.05, 4.69) is 179 Å². The molecule has 4 unspecified atom stereocenters. The van der Waals surface area contributed by atoms with Crippen molar-refractivity contribution in [2.45, 2.75) is 63.2 Å². The molecule has 13 rings (SSSR count). The number of fused-ring (bicyclic) bond motifs is 12. The Hall–Kier alpha value is -5.34. The number of allylic oxidation sites excluding steroid dienone is 8. The summed E-state index contributed by atoms with van der Waals surface area (Å²) in [6.45, 7) is 11.5. The minimum absolute atomic E-state index is 0.0828. The molecule has 0 amide bonds. The van der Waals surface area contributed by atoms with Gasteiger partial charge in [0.1, 0.15) is 0 Å². The first-order valence-electron chi connectivity index (χ1n) is 22.9. The topological polar surface area (TPSA) is 49.7 Å². The van der Waals surface area contributed by atoms with Crippen LogP contribution in [-0.2, 0) is 15.6 Å². The van der Waals surface area contributed by atoms with Crippen molar-refractivity contribution in [3.63, 3.8) is 0 Å². The van der Waals surface area contributed by atoms with Crippen LogP contribution < -0.4 is 5.46 Å². The van der Waals surface area contributed by atoms with Gasteiger partial charge in [-0.3, -0.25) is 0 Å². The largest absolute Gasteiger partial charge is 0.489 e. The highest BCUT2D eigenvalue weighted by Crippen LogP contribution is 2.55. The average Bonchev–Trinajstić information content (AvgIpc) is 4.17. The molecule has 64 heavy (non-hydrogen) atoms. The van der Waals surface area contributed by atoms with Gasteiger partial charge in [0.15, 0.2) is 0 Å². The van der Waals surface area contributed by atoms with Gasteiger partial charge < -0.3 is 14.8 Å². The predicted octanol–water partition coefficient (Wildman–Crippen LogP) is 14.2. The van der Waals surface area contributed by atoms with E-state index < -0.39 is 7.12 Å². The maximum absolute atomic E-state index is 9.85. The standard InChI is InChI=1S/C27H23BO2S.C27H22S.C4H8O/c1-27(2)22-11-4-3-7-18(22)19-14-13-16(15-23(19)27)17-8-5-9-20-21-10-6-12-24(28(29)30)26(21)31-25(17)20;1-27(2)23-12-5-3-8-19(23)20-15-14-17(16-24(20)27)18-10-7-11-22-21-9-4-6-13-25(21)28-26(18)22;1-2-4-5-3-1/h3-15,18,22,29-30H,1-2H3;3-16,19,23H,1-2H3;1-4H2. The molecule has 0 bridgehead atoms. The minimum Gasteiger partial charge on any atom is -0.423 e. The van der Waals surface area contributed by atoms with Crippen LogP contribution in [0.4, 0.5) is 0 Å². The molecule has 4 atom stereocenters. The molecule has 5 aliphatic rings. The maximum atomic E-state index is 9.85. The van der Waals surface area contributed by atoms with E-state index in [0.717, 1.165) is 23.3 Å². The molecule has 8 aromatic rings. The van der Waals surface area contributed by atoms with Crippen LogP contribution in [0.25, 0.3) is 62.6 Å². The van der Waals surface area contributed by atoms with Gasteiger partial charge in [-0.25, -0.2) is 0 Å². The first-order chi connectivity index (χ1) is 31.1. The summed E-state index contributed by atoms with van der Waals surface area (Å²) in [5.74, 6) is 2.03. The van der Waals surface area contributed by atoms with Gasteiger partial charge in [-0.2, -0.15) is 0 Å². The molecule has 3 nitrogen and oxygen atoms in total. The number of rotatable bonds is 3. The number of hydrogen-bond acceptors (Lipinski definition) is 5. The third-order valence-corrected chi connectivity index (χ3v) is 17.4. The second-order valence-corrected chi connectivity index (χ2v) is 21.2. The summed E-state index contributed by atoms with van der Waals surface area (Å²) < 4.78 is 9.85. The first kappa shape index (κ1) is 41.4. The second-order valence-electron chi connectivity index (χ2n) is 19.2. The van der Waals surface area contributed by atoms with Gasteiger partial charge in [0.05, 0.1) is 0 Å². The molecule has 6 heteroatoms. The quantitative estimate of drug-likeness (QED) is 0.174. The molecule has 0 spiro atoms. The lowest BCUT2D eigenvalue weighted by Gasteiger charge is -2.29. The molecule has 0 saturated carbocycles. The molecule has 318 valence electrons. The third kappa shape index (κ3) is 6.80. The molecule has 0 radical (unpaired) electrons. The van der Waals surface area contributed by atoms with Gasteiger partial charge in [0, 0.05) is 60.0 Å². The summed E-state index contributed by atoms with van der Waals surface area (Å²) in [7, 11) is -1.47. The molecular formula is C58H53BO3S2. The maximum Gasteiger partial charge on any atom is 0.489 e. The highest BCUT2D eigenvalue weighted by Gasteiger charge is 2.45. The van der Waals surface area contributed by atoms with Crippen LogP contribution in [0.1, 0.15) is 74.6 Å². The fourth-order valence-corrected chi connectivity index (χ4v) is 14.1. The molecule has 2 aromatic heterocycles. The summed E-state index contributed by atoms with van der Waals surface area (Å²) in [6, 6.07) is 41.8. The lowest BCUT2D eigenvalue weighted by Crippen LogP contribution is -2.29. The van der Waals surface area contributed by atoms with E-state index in [0.29, 0.717) is 29.1 Å². The average molecular weight is 873 g/mol. The van der Waals surface area contributed by atoms with Crippen molar-refractivity contribution in [1.29, 1.82) is 0 Å². The Morgan fingerprint density at radius 2 is 1.00 bits per heavy atom. The molecular weight excluding hydrogens is 820 g/mol. The fourth-order valence-electron chi connectivity index (χ4n) is 11.4. The summed E-state index contributed by atoms with van der Waals surface area (Å²) in [5.41, 5.74) is 11.8. The van der Waals surface area contributed by atoms with E-state index in [9.17, 15) is 10.0 Å². The predicted molar refractivity (Wildman–Crippen MR) is 274 cm³/mol. The zero-order valence-corrected chi connectivity index (χ0v) is 38.6. The molecule has 6 aromatic carbocycles. The van der Waals surface area contributed by atoms with Crippen molar-refractivity contribution in [2.75, 3.05) is 13.2 Å².